The molecule has 1 N–H and O–H groups in total. The summed E-state index contributed by atoms with van der Waals surface area (Å²) in [5.41, 5.74) is 3.93. The number of hydrogen-bond acceptors (Lipinski definition) is 4. The summed E-state index contributed by atoms with van der Waals surface area (Å²) < 4.78 is 13.5. The molecule has 7 heteroatoms. The van der Waals surface area contributed by atoms with Crippen molar-refractivity contribution < 1.29 is 9.47 Å². The number of rotatable bonds is 6. The second kappa shape index (κ2) is 9.59. The largest absolute Gasteiger partial charge is 0.497 e. The fourth-order valence-electron chi connectivity index (χ4n) is 5.10. The van der Waals surface area contributed by atoms with Gasteiger partial charge in [0, 0.05) is 29.8 Å². The van der Waals surface area contributed by atoms with Crippen molar-refractivity contribution in [3.63, 3.8) is 0 Å². The van der Waals surface area contributed by atoms with E-state index in [4.69, 9.17) is 21.7 Å². The quantitative estimate of drug-likeness (QED) is 0.276. The van der Waals surface area contributed by atoms with Crippen LogP contribution in [0.15, 0.2) is 103 Å². The lowest BCUT2D eigenvalue weighted by atomic mass is 10.0. The minimum atomic E-state index is -0.189. The molecule has 1 aliphatic rings. The van der Waals surface area contributed by atoms with Crippen LogP contribution in [0, 0.1) is 0 Å². The lowest BCUT2D eigenvalue weighted by Crippen LogP contribution is -2.30. The van der Waals surface area contributed by atoms with E-state index in [1.807, 2.05) is 42.6 Å². The summed E-state index contributed by atoms with van der Waals surface area (Å²) in [6, 6.07) is 30.5. The fourth-order valence-corrected chi connectivity index (χ4v) is 5.43. The molecular formula is C30H26N4O2S. The van der Waals surface area contributed by atoms with Gasteiger partial charge in [0.05, 0.1) is 31.6 Å². The number of benzene rings is 3. The molecule has 6 nitrogen and oxygen atoms in total. The van der Waals surface area contributed by atoms with Gasteiger partial charge in [-0.3, -0.25) is 4.98 Å². The predicted molar refractivity (Wildman–Crippen MR) is 151 cm³/mol. The molecule has 3 aromatic carbocycles. The van der Waals surface area contributed by atoms with E-state index in [0.717, 1.165) is 28.5 Å². The highest BCUT2D eigenvalue weighted by Crippen LogP contribution is 2.45. The third-order valence-corrected chi connectivity index (χ3v) is 7.15. The summed E-state index contributed by atoms with van der Waals surface area (Å²) in [5, 5.41) is 6.54. The van der Waals surface area contributed by atoms with Crippen LogP contribution < -0.4 is 19.7 Å². The van der Waals surface area contributed by atoms with E-state index in [1.54, 1.807) is 14.2 Å². The van der Waals surface area contributed by atoms with Gasteiger partial charge in [-0.25, -0.2) is 0 Å². The summed E-state index contributed by atoms with van der Waals surface area (Å²) >= 11 is 5.93. The average Bonchev–Trinajstić information content (AvgIpc) is 3.57. The van der Waals surface area contributed by atoms with Crippen LogP contribution in [0.2, 0.25) is 0 Å². The Kier molecular flexibility index (Phi) is 5.98. The summed E-state index contributed by atoms with van der Waals surface area (Å²) in [6.07, 6.45) is 3.91. The van der Waals surface area contributed by atoms with Crippen LogP contribution in [0.5, 0.6) is 11.5 Å². The number of fused-ring (bicyclic) bond motifs is 1. The van der Waals surface area contributed by atoms with E-state index < -0.39 is 0 Å². The zero-order chi connectivity index (χ0) is 25.4. The maximum Gasteiger partial charge on any atom is 0.174 e. The maximum absolute atomic E-state index is 5.93. The van der Waals surface area contributed by atoms with Gasteiger partial charge in [-0.2, -0.15) is 0 Å². The van der Waals surface area contributed by atoms with Gasteiger partial charge in [0.1, 0.15) is 17.5 Å². The van der Waals surface area contributed by atoms with E-state index in [2.05, 4.69) is 80.6 Å². The molecule has 2 atom stereocenters. The normalized spacial score (nSPS) is 17.1. The van der Waals surface area contributed by atoms with Crippen molar-refractivity contribution in [2.45, 2.75) is 12.1 Å². The molecule has 0 aliphatic carbocycles. The van der Waals surface area contributed by atoms with Crippen molar-refractivity contribution in [3.05, 3.63) is 115 Å². The molecule has 1 fully saturated rings. The van der Waals surface area contributed by atoms with Crippen LogP contribution in [-0.2, 0) is 0 Å². The first-order valence-corrected chi connectivity index (χ1v) is 12.5. The second-order valence-electron chi connectivity index (χ2n) is 8.87. The van der Waals surface area contributed by atoms with Crippen molar-refractivity contribution in [1.82, 2.24) is 14.9 Å². The fraction of sp³-hybridized carbons (Fsp3) is 0.133. The van der Waals surface area contributed by atoms with Crippen LogP contribution in [0.3, 0.4) is 0 Å². The third-order valence-electron chi connectivity index (χ3n) is 6.84. The standard InChI is InChI=1S/C30H26N4O2S/c1-35-23-14-15-25(27(19-23)36-2)34-29(28(32-30(34)37)24-10-5-6-16-31-24)26-11-7-17-33(26)22-13-12-20-8-3-4-9-21(20)18-22/h3-19,28-29H,1-2H3,(H,32,37)/t28-,29-/m0/s1. The Bertz CT molecular complexity index is 1580. The Balaban J connectivity index is 1.52. The zero-order valence-electron chi connectivity index (χ0n) is 20.5. The Morgan fingerprint density at radius 1 is 0.838 bits per heavy atom. The van der Waals surface area contributed by atoms with Crippen LogP contribution in [-0.4, -0.2) is 28.9 Å². The predicted octanol–water partition coefficient (Wildman–Crippen LogP) is 6.22. The summed E-state index contributed by atoms with van der Waals surface area (Å²) in [4.78, 5) is 6.81. The minimum Gasteiger partial charge on any atom is -0.497 e. The van der Waals surface area contributed by atoms with Gasteiger partial charge >= 0.3 is 0 Å². The molecule has 0 bridgehead atoms. The first-order valence-electron chi connectivity index (χ1n) is 12.1. The molecule has 0 unspecified atom stereocenters. The first-order chi connectivity index (χ1) is 18.2. The summed E-state index contributed by atoms with van der Waals surface area (Å²) in [5.74, 6) is 1.40. The maximum atomic E-state index is 5.93. The molecule has 184 valence electrons. The Morgan fingerprint density at radius 3 is 2.46 bits per heavy atom. The molecule has 0 spiro atoms. The second-order valence-corrected chi connectivity index (χ2v) is 9.26. The van der Waals surface area contributed by atoms with Gasteiger partial charge in [-0.15, -0.1) is 0 Å². The molecule has 0 amide bonds. The Morgan fingerprint density at radius 2 is 1.68 bits per heavy atom. The molecule has 5 aromatic rings. The van der Waals surface area contributed by atoms with Crippen molar-refractivity contribution in [2.75, 3.05) is 19.1 Å². The molecule has 1 saturated heterocycles. The van der Waals surface area contributed by atoms with Gasteiger partial charge in [-0.05, 0) is 71.5 Å². The van der Waals surface area contributed by atoms with E-state index in [1.165, 1.54) is 10.8 Å². The molecule has 0 saturated carbocycles. The zero-order valence-corrected chi connectivity index (χ0v) is 21.4. The van der Waals surface area contributed by atoms with E-state index in [-0.39, 0.29) is 12.1 Å². The molecular weight excluding hydrogens is 480 g/mol. The monoisotopic (exact) mass is 506 g/mol. The van der Waals surface area contributed by atoms with E-state index in [0.29, 0.717) is 10.9 Å². The van der Waals surface area contributed by atoms with Crippen LogP contribution in [0.1, 0.15) is 23.5 Å². The topological polar surface area (TPSA) is 51.5 Å². The first kappa shape index (κ1) is 23.1. The number of nitrogens with one attached hydrogen (secondary N) is 1. The highest BCUT2D eigenvalue weighted by Gasteiger charge is 2.43. The molecule has 0 radical (unpaired) electrons. The smallest absolute Gasteiger partial charge is 0.174 e. The molecule has 1 aliphatic heterocycles. The molecule has 37 heavy (non-hydrogen) atoms. The molecule has 2 aromatic heterocycles. The van der Waals surface area contributed by atoms with Gasteiger partial charge in [0.2, 0.25) is 0 Å². The summed E-state index contributed by atoms with van der Waals surface area (Å²) in [7, 11) is 3.31. The molecule has 6 rings (SSSR count). The third kappa shape index (κ3) is 4.07. The van der Waals surface area contributed by atoms with E-state index >= 15 is 0 Å². The van der Waals surface area contributed by atoms with E-state index in [9.17, 15) is 0 Å². The van der Waals surface area contributed by atoms with Gasteiger partial charge in [-0.1, -0.05) is 36.4 Å². The lowest BCUT2D eigenvalue weighted by molar-refractivity contribution is 0.394. The van der Waals surface area contributed by atoms with Crippen LogP contribution in [0.25, 0.3) is 16.5 Å². The SMILES string of the molecule is COc1ccc(N2C(=S)N[C@@H](c3ccccn3)[C@@H]2c2cccn2-c2ccc3ccccc3c2)c(OC)c1. The van der Waals surface area contributed by atoms with Crippen molar-refractivity contribution in [3.8, 4) is 17.2 Å². The number of thiocarbonyl (C=S) groups is 1. The number of anilines is 1. The Hall–Kier alpha value is -4.36. The minimum absolute atomic E-state index is 0.172. The molecule has 3 heterocycles. The number of aromatic nitrogens is 2. The van der Waals surface area contributed by atoms with Crippen molar-refractivity contribution in [1.29, 1.82) is 0 Å². The number of ether oxygens (including phenoxy) is 2. The summed E-state index contributed by atoms with van der Waals surface area (Å²) in [6.45, 7) is 0. The average molecular weight is 507 g/mol. The number of methoxy groups -OCH3 is 2. The van der Waals surface area contributed by atoms with Gasteiger partial charge in [0.25, 0.3) is 0 Å². The van der Waals surface area contributed by atoms with Crippen molar-refractivity contribution >= 4 is 33.8 Å². The van der Waals surface area contributed by atoms with Crippen LogP contribution >= 0.6 is 12.2 Å². The lowest BCUT2D eigenvalue weighted by Gasteiger charge is -2.30. The van der Waals surface area contributed by atoms with Crippen molar-refractivity contribution in [2.24, 2.45) is 0 Å². The van der Waals surface area contributed by atoms with Gasteiger partial charge in [0.15, 0.2) is 5.11 Å². The number of nitrogens with zero attached hydrogens (tertiary/aromatic N) is 3. The highest BCUT2D eigenvalue weighted by atomic mass is 32.1. The van der Waals surface area contributed by atoms with Crippen LogP contribution in [0.4, 0.5) is 5.69 Å². The Labute approximate surface area is 221 Å². The number of hydrogen-bond donors (Lipinski definition) is 1. The van der Waals surface area contributed by atoms with Gasteiger partial charge < -0.3 is 24.3 Å². The highest BCUT2D eigenvalue weighted by molar-refractivity contribution is 7.80. The number of pyridine rings is 1.